The Hall–Kier alpha value is -1.82. The molecule has 0 unspecified atom stereocenters. The first kappa shape index (κ1) is 14.1. The second kappa shape index (κ2) is 5.52. The lowest BCUT2D eigenvalue weighted by molar-refractivity contribution is -0.127. The van der Waals surface area contributed by atoms with Gasteiger partial charge in [-0.1, -0.05) is 23.9 Å². The summed E-state index contributed by atoms with van der Waals surface area (Å²) in [7, 11) is 0. The maximum atomic E-state index is 12.2. The lowest BCUT2D eigenvalue weighted by Crippen LogP contribution is -2.32. The van der Waals surface area contributed by atoms with Crippen LogP contribution in [0.2, 0.25) is 0 Å². The minimum atomic E-state index is -0.339. The Kier molecular flexibility index (Phi) is 3.71. The summed E-state index contributed by atoms with van der Waals surface area (Å²) in [6.07, 6.45) is 0.187. The molecule has 0 spiro atoms. The molecule has 1 fully saturated rings. The van der Waals surface area contributed by atoms with E-state index in [0.29, 0.717) is 13.1 Å². The number of anilines is 1. The summed E-state index contributed by atoms with van der Waals surface area (Å²) in [4.78, 5) is 30.3. The van der Waals surface area contributed by atoms with Crippen molar-refractivity contribution in [2.75, 3.05) is 18.4 Å². The lowest BCUT2D eigenvalue weighted by Gasteiger charge is -2.12. The maximum Gasteiger partial charge on any atom is 0.242 e. The second-order valence-corrected chi connectivity index (χ2v) is 6.50. The molecule has 1 aromatic carbocycles. The number of rotatable bonds is 3. The molecule has 1 aromatic rings. The minimum Gasteiger partial charge on any atom is -0.326 e. The fourth-order valence-corrected chi connectivity index (χ4v) is 3.64. The molecule has 2 heterocycles. The molecule has 5 nitrogen and oxygen atoms in total. The van der Waals surface area contributed by atoms with Gasteiger partial charge in [-0.25, -0.2) is 0 Å². The van der Waals surface area contributed by atoms with Gasteiger partial charge in [-0.15, -0.1) is 0 Å². The number of nitrogens with one attached hydrogen (secondary N) is 1. The highest BCUT2D eigenvalue weighted by Crippen LogP contribution is 2.31. The number of nitrogens with zero attached hydrogens (tertiary/aromatic N) is 2. The zero-order valence-corrected chi connectivity index (χ0v) is 12.9. The van der Waals surface area contributed by atoms with Crippen LogP contribution in [0.3, 0.4) is 0 Å². The van der Waals surface area contributed by atoms with E-state index in [1.54, 1.807) is 4.90 Å². The van der Waals surface area contributed by atoms with Crippen LogP contribution in [0.4, 0.5) is 5.69 Å². The van der Waals surface area contributed by atoms with Crippen LogP contribution in [-0.4, -0.2) is 40.2 Å². The summed E-state index contributed by atoms with van der Waals surface area (Å²) in [5, 5.41) is 3.33. The average molecular weight is 303 g/mol. The predicted molar refractivity (Wildman–Crippen MR) is 84.6 cm³/mol. The van der Waals surface area contributed by atoms with Crippen molar-refractivity contribution in [1.29, 1.82) is 0 Å². The fourth-order valence-electron chi connectivity index (χ4n) is 2.45. The molecule has 3 rings (SSSR count). The van der Waals surface area contributed by atoms with Gasteiger partial charge in [0, 0.05) is 18.7 Å². The van der Waals surface area contributed by atoms with E-state index in [1.807, 2.05) is 32.0 Å². The third-order valence-corrected chi connectivity index (χ3v) is 4.84. The van der Waals surface area contributed by atoms with Gasteiger partial charge in [0.05, 0.1) is 6.54 Å². The molecule has 110 valence electrons. The number of carbonyl (C=O) groups is 2. The number of carbonyl (C=O) groups excluding carboxylic acids is 2. The number of hydrogen-bond donors (Lipinski definition) is 1. The highest BCUT2D eigenvalue weighted by Gasteiger charge is 2.40. The molecule has 1 N–H and O–H groups in total. The van der Waals surface area contributed by atoms with E-state index < -0.39 is 0 Å². The zero-order valence-electron chi connectivity index (χ0n) is 12.0. The normalized spacial score (nSPS) is 20.5. The van der Waals surface area contributed by atoms with Gasteiger partial charge < -0.3 is 5.32 Å². The first-order valence-electron chi connectivity index (χ1n) is 6.94. The summed E-state index contributed by atoms with van der Waals surface area (Å²) >= 11 is 1.40. The number of amidine groups is 1. The van der Waals surface area contributed by atoms with Gasteiger partial charge >= 0.3 is 0 Å². The molecule has 6 heteroatoms. The van der Waals surface area contributed by atoms with Gasteiger partial charge in [0.25, 0.3) is 0 Å². The lowest BCUT2D eigenvalue weighted by atomic mass is 10.1. The first-order valence-corrected chi connectivity index (χ1v) is 7.82. The Morgan fingerprint density at radius 2 is 2.29 bits per heavy atom. The standard InChI is InChI=1S/C15H17N3O2S/c1-9-3-4-10(2)11(7-9)17-13(19)8-12-14(20)18-6-5-16-15(18)21-12/h3-4,7,12H,5-6,8H2,1-2H3,(H,17,19)/t12-/m1/s1. The van der Waals surface area contributed by atoms with E-state index in [4.69, 9.17) is 0 Å². The summed E-state index contributed by atoms with van der Waals surface area (Å²) in [5.74, 6) is -0.122. The molecule has 2 aliphatic heterocycles. The van der Waals surface area contributed by atoms with E-state index >= 15 is 0 Å². The van der Waals surface area contributed by atoms with E-state index in [9.17, 15) is 9.59 Å². The monoisotopic (exact) mass is 303 g/mol. The largest absolute Gasteiger partial charge is 0.326 e. The molecule has 2 amide bonds. The third kappa shape index (κ3) is 2.81. The Balaban J connectivity index is 1.65. The van der Waals surface area contributed by atoms with Crippen LogP contribution in [0.1, 0.15) is 17.5 Å². The van der Waals surface area contributed by atoms with Crippen LogP contribution in [-0.2, 0) is 9.59 Å². The van der Waals surface area contributed by atoms with Gasteiger partial charge in [0.1, 0.15) is 5.25 Å². The van der Waals surface area contributed by atoms with Crippen molar-refractivity contribution < 1.29 is 9.59 Å². The summed E-state index contributed by atoms with van der Waals surface area (Å²) < 4.78 is 0. The molecule has 0 saturated carbocycles. The van der Waals surface area contributed by atoms with E-state index in [1.165, 1.54) is 11.8 Å². The van der Waals surface area contributed by atoms with Gasteiger partial charge in [0.2, 0.25) is 11.8 Å². The molecular formula is C15H17N3O2S. The fraction of sp³-hybridized carbons (Fsp3) is 0.400. The molecule has 0 bridgehead atoms. The summed E-state index contributed by atoms with van der Waals surface area (Å²) in [5.41, 5.74) is 2.93. The van der Waals surface area contributed by atoms with Crippen molar-refractivity contribution in [1.82, 2.24) is 4.90 Å². The summed E-state index contributed by atoms with van der Waals surface area (Å²) in [6, 6.07) is 5.93. The molecular weight excluding hydrogens is 286 g/mol. The molecule has 2 aliphatic rings. The number of amides is 2. The topological polar surface area (TPSA) is 61.8 Å². The maximum absolute atomic E-state index is 12.2. The molecule has 21 heavy (non-hydrogen) atoms. The van der Waals surface area contributed by atoms with E-state index in [-0.39, 0.29) is 23.5 Å². The van der Waals surface area contributed by atoms with Crippen molar-refractivity contribution in [3.63, 3.8) is 0 Å². The Bertz CT molecular complexity index is 642. The third-order valence-electron chi connectivity index (χ3n) is 3.63. The van der Waals surface area contributed by atoms with Gasteiger partial charge in [-0.2, -0.15) is 0 Å². The predicted octanol–water partition coefficient (Wildman–Crippen LogP) is 1.95. The van der Waals surface area contributed by atoms with Crippen LogP contribution in [0.25, 0.3) is 0 Å². The number of thioether (sulfide) groups is 1. The smallest absolute Gasteiger partial charge is 0.242 e. The van der Waals surface area contributed by atoms with Crippen LogP contribution < -0.4 is 5.32 Å². The van der Waals surface area contributed by atoms with Crippen LogP contribution >= 0.6 is 11.8 Å². The van der Waals surface area contributed by atoms with Gasteiger partial charge in [0.15, 0.2) is 5.17 Å². The molecule has 1 atom stereocenters. The van der Waals surface area contributed by atoms with Crippen molar-refractivity contribution in [2.45, 2.75) is 25.5 Å². The zero-order chi connectivity index (χ0) is 15.0. The number of aryl methyl sites for hydroxylation is 2. The Morgan fingerprint density at radius 3 is 3.05 bits per heavy atom. The Morgan fingerprint density at radius 1 is 1.48 bits per heavy atom. The Labute approximate surface area is 127 Å². The van der Waals surface area contributed by atoms with Crippen LogP contribution in [0, 0.1) is 13.8 Å². The average Bonchev–Trinajstić information content (AvgIpc) is 2.99. The molecule has 0 aliphatic carbocycles. The van der Waals surface area contributed by atoms with Crippen LogP contribution in [0.5, 0.6) is 0 Å². The van der Waals surface area contributed by atoms with Gasteiger partial charge in [-0.3, -0.25) is 19.5 Å². The first-order chi connectivity index (χ1) is 10.0. The minimum absolute atomic E-state index is 0.00682. The van der Waals surface area contributed by atoms with E-state index in [2.05, 4.69) is 10.3 Å². The molecule has 0 aromatic heterocycles. The highest BCUT2D eigenvalue weighted by atomic mass is 32.2. The molecule has 1 saturated heterocycles. The second-order valence-electron chi connectivity index (χ2n) is 5.33. The summed E-state index contributed by atoms with van der Waals surface area (Å²) in [6.45, 7) is 5.26. The van der Waals surface area contributed by atoms with E-state index in [0.717, 1.165) is 22.0 Å². The van der Waals surface area contributed by atoms with Gasteiger partial charge in [-0.05, 0) is 31.0 Å². The van der Waals surface area contributed by atoms with Crippen molar-refractivity contribution >= 4 is 34.4 Å². The quantitative estimate of drug-likeness (QED) is 0.928. The number of aliphatic imine (C=N–C) groups is 1. The van der Waals surface area contributed by atoms with Crippen molar-refractivity contribution in [2.24, 2.45) is 4.99 Å². The number of hydrogen-bond acceptors (Lipinski definition) is 4. The van der Waals surface area contributed by atoms with Crippen LogP contribution in [0.15, 0.2) is 23.2 Å². The number of fused-ring (bicyclic) bond motifs is 1. The molecule has 0 radical (unpaired) electrons. The van der Waals surface area contributed by atoms with Crippen molar-refractivity contribution in [3.8, 4) is 0 Å². The van der Waals surface area contributed by atoms with Crippen molar-refractivity contribution in [3.05, 3.63) is 29.3 Å². The highest BCUT2D eigenvalue weighted by molar-refractivity contribution is 8.15. The number of benzene rings is 1. The SMILES string of the molecule is Cc1ccc(C)c(NC(=O)C[C@H]2SC3=NCCN3C2=O)c1.